The highest BCUT2D eigenvalue weighted by Crippen LogP contribution is 2.48. The van der Waals surface area contributed by atoms with Crippen molar-refractivity contribution in [3.8, 4) is 79.2 Å². The molecule has 0 amide bonds. The number of imidazole rings is 2. The lowest BCUT2D eigenvalue weighted by Gasteiger charge is -2.32. The average Bonchev–Trinajstić information content (AvgIpc) is 1.55. The molecule has 6 unspecified atom stereocenters. The molecule has 770 valence electrons. The fourth-order valence-corrected chi connectivity index (χ4v) is 21.0. The fraction of sp³-hybridized carbons (Fsp3) is 0.484. The highest BCUT2D eigenvalue weighted by Gasteiger charge is 2.54. The van der Waals surface area contributed by atoms with Crippen LogP contribution in [-0.2, 0) is 31.7 Å². The van der Waals surface area contributed by atoms with E-state index in [9.17, 15) is 0 Å². The number of unbranched alkanes of at least 4 members (excludes halogenated alkanes) is 6. The molecule has 2 aromatic heterocycles. The number of ether oxygens (including phenoxy) is 4. The molecule has 4 heterocycles. The van der Waals surface area contributed by atoms with Crippen molar-refractivity contribution in [2.75, 3.05) is 26.4 Å². The summed E-state index contributed by atoms with van der Waals surface area (Å²) in [6.45, 7) is 48.7. The Morgan fingerprint density at radius 2 is 0.569 bits per heavy atom. The molecule has 2 aliphatic heterocycles. The minimum atomic E-state index is -0.345. The number of fused-ring (bicyclic) bond motifs is 12. The molecule has 0 bridgehead atoms. The number of aromatic nitrogens is 4. The van der Waals surface area contributed by atoms with E-state index < -0.39 is 0 Å². The predicted octanol–water partition coefficient (Wildman–Crippen LogP) is 36.9. The molecule has 0 aliphatic carbocycles. The predicted molar refractivity (Wildman–Crippen MR) is 625 cm³/mol. The van der Waals surface area contributed by atoms with Gasteiger partial charge < -0.3 is 46.7 Å². The smallest absolute Gasteiger partial charge is 0.493 e. The van der Waals surface area contributed by atoms with Gasteiger partial charge in [-0.25, -0.2) is 9.97 Å². The SMILES string of the molecule is C.C.CC1(C)OB(c2ccc(B3OC(C)(C)C(C)(C)O3)cc2)OC1(C)C.CCCCC(CC)COc1ccc(-c2nc3c4cc(-c5ccccc5)ccc4c4ccc(-c5ccc(-c6ccccc6)cc5)cc4c3n2CC(CC)CCCC)c(OCC(CC)CCCC)c1.CCCCC(CC)COc1ccc(-c2nc3c4cc(Br)ccc4c4ccc(Br)cc4c3n2CC(CC)CCCC)c(OCC(CC)CCCC)c1. The highest BCUT2D eigenvalue weighted by atomic mass is 79.9. The molecule has 144 heavy (non-hydrogen) atoms. The Balaban J connectivity index is 0.000000211. The highest BCUT2D eigenvalue weighted by molar-refractivity contribution is 9.10. The minimum Gasteiger partial charge on any atom is -0.493 e. The van der Waals surface area contributed by atoms with E-state index in [1.807, 2.05) is 24.3 Å². The Morgan fingerprint density at radius 3 is 0.917 bits per heavy atom. The first-order valence-electron chi connectivity index (χ1n) is 54.6. The molecule has 14 aromatic rings. The molecule has 2 aliphatic rings. The summed E-state index contributed by atoms with van der Waals surface area (Å²) in [5.41, 5.74) is 14.5. The Hall–Kier alpha value is -9.25. The first-order chi connectivity index (χ1) is 68.6. The number of nitrogens with zero attached hydrogens (tertiary/aromatic N) is 4. The molecular weight excluding hydrogens is 1900 g/mol. The monoisotopic (exact) mass is 2070 g/mol. The number of hydrogen-bond donors (Lipinski definition) is 0. The van der Waals surface area contributed by atoms with Crippen molar-refractivity contribution in [2.45, 2.75) is 343 Å². The van der Waals surface area contributed by atoms with E-state index in [1.54, 1.807) is 0 Å². The summed E-state index contributed by atoms with van der Waals surface area (Å²) in [6, 6.07) is 79.1. The molecule has 0 saturated carbocycles. The lowest BCUT2D eigenvalue weighted by atomic mass is 9.74. The fourth-order valence-electron chi connectivity index (χ4n) is 20.3. The van der Waals surface area contributed by atoms with Gasteiger partial charge >= 0.3 is 14.2 Å². The quantitative estimate of drug-likeness (QED) is 0.0270. The first kappa shape index (κ1) is 113. The Kier molecular flexibility index (Phi) is 41.8. The second-order valence-electron chi connectivity index (χ2n) is 42.6. The largest absolute Gasteiger partial charge is 0.494 e. The van der Waals surface area contributed by atoms with Gasteiger partial charge in [-0.3, -0.25) is 0 Å². The normalized spacial score (nSPS) is 15.4. The molecule has 12 aromatic carbocycles. The van der Waals surface area contributed by atoms with Crippen molar-refractivity contribution < 1.29 is 37.6 Å². The van der Waals surface area contributed by atoms with Crippen LogP contribution in [0.25, 0.3) is 121 Å². The van der Waals surface area contributed by atoms with Gasteiger partial charge in [0.1, 0.15) is 34.6 Å². The Morgan fingerprint density at radius 1 is 0.292 bits per heavy atom. The molecule has 12 nitrogen and oxygen atoms in total. The molecule has 0 N–H and O–H groups in total. The first-order valence-corrected chi connectivity index (χ1v) is 56.2. The zero-order valence-corrected chi connectivity index (χ0v) is 92.6. The van der Waals surface area contributed by atoms with Crippen LogP contribution in [0, 0.1) is 35.5 Å². The number of rotatable bonds is 47. The van der Waals surface area contributed by atoms with Gasteiger partial charge in [0.05, 0.1) is 82.0 Å². The minimum absolute atomic E-state index is 0. The zero-order chi connectivity index (χ0) is 101. The average molecular weight is 2070 g/mol. The third kappa shape index (κ3) is 27.3. The summed E-state index contributed by atoms with van der Waals surface area (Å²) in [7, 11) is -0.690. The second-order valence-corrected chi connectivity index (χ2v) is 44.4. The summed E-state index contributed by atoms with van der Waals surface area (Å²) in [5.74, 6) is 8.57. The zero-order valence-electron chi connectivity index (χ0n) is 89.4. The maximum absolute atomic E-state index is 7.06. The van der Waals surface area contributed by atoms with Crippen molar-refractivity contribution in [3.63, 3.8) is 0 Å². The van der Waals surface area contributed by atoms with Crippen LogP contribution in [0.5, 0.6) is 23.0 Å². The molecule has 6 atom stereocenters. The summed E-state index contributed by atoms with van der Waals surface area (Å²) in [6.07, 6.45) is 28.4. The van der Waals surface area contributed by atoms with Gasteiger partial charge in [-0.2, -0.15) is 0 Å². The molecule has 16 heteroatoms. The molecule has 2 saturated heterocycles. The molecule has 0 spiro atoms. The van der Waals surface area contributed by atoms with Crippen LogP contribution in [0.15, 0.2) is 227 Å². The van der Waals surface area contributed by atoms with Crippen molar-refractivity contribution in [1.29, 1.82) is 0 Å². The summed E-state index contributed by atoms with van der Waals surface area (Å²) in [4.78, 5) is 11.5. The van der Waals surface area contributed by atoms with E-state index in [-0.39, 0.29) is 51.5 Å². The molecule has 2 fully saturated rings. The van der Waals surface area contributed by atoms with Gasteiger partial charge in [-0.05, 0) is 256 Å². The summed E-state index contributed by atoms with van der Waals surface area (Å²) < 4.78 is 58.8. The van der Waals surface area contributed by atoms with Crippen molar-refractivity contribution >= 4 is 122 Å². The van der Waals surface area contributed by atoms with Crippen LogP contribution in [-0.4, -0.2) is 82.2 Å². The van der Waals surface area contributed by atoms with Crippen LogP contribution in [0.3, 0.4) is 0 Å². The van der Waals surface area contributed by atoms with Gasteiger partial charge in [0.2, 0.25) is 0 Å². The van der Waals surface area contributed by atoms with Gasteiger partial charge in [0.15, 0.2) is 0 Å². The number of benzene rings is 12. The number of hydrogen-bond acceptors (Lipinski definition) is 10. The Bertz CT molecular complexity index is 6330. The van der Waals surface area contributed by atoms with E-state index in [0.717, 1.165) is 142 Å². The van der Waals surface area contributed by atoms with Crippen LogP contribution in [0.2, 0.25) is 0 Å². The van der Waals surface area contributed by atoms with E-state index in [0.29, 0.717) is 48.7 Å². The lowest BCUT2D eigenvalue weighted by Crippen LogP contribution is -2.41. The number of halogens is 2. The third-order valence-corrected chi connectivity index (χ3v) is 32.4. The Labute approximate surface area is 883 Å². The lowest BCUT2D eigenvalue weighted by molar-refractivity contribution is 0.00578. The van der Waals surface area contributed by atoms with Gasteiger partial charge in [-0.1, -0.05) is 391 Å². The topological polar surface area (TPSA) is 109 Å². The van der Waals surface area contributed by atoms with E-state index in [2.05, 4.69) is 374 Å². The summed E-state index contributed by atoms with van der Waals surface area (Å²) >= 11 is 7.61. The van der Waals surface area contributed by atoms with Crippen molar-refractivity contribution in [1.82, 2.24) is 19.1 Å². The van der Waals surface area contributed by atoms with E-state index in [1.165, 1.54) is 203 Å². The van der Waals surface area contributed by atoms with Gasteiger partial charge in [0.25, 0.3) is 0 Å². The third-order valence-electron chi connectivity index (χ3n) is 31.4. The molecule has 0 radical (unpaired) electrons. The molecule has 16 rings (SSSR count). The second kappa shape index (κ2) is 53.1. The van der Waals surface area contributed by atoms with E-state index >= 15 is 0 Å². The van der Waals surface area contributed by atoms with Gasteiger partial charge in [0, 0.05) is 55.7 Å². The van der Waals surface area contributed by atoms with Crippen molar-refractivity contribution in [3.05, 3.63) is 227 Å². The van der Waals surface area contributed by atoms with Crippen molar-refractivity contribution in [2.24, 2.45) is 35.5 Å². The van der Waals surface area contributed by atoms with Gasteiger partial charge in [-0.15, -0.1) is 0 Å². The van der Waals surface area contributed by atoms with Crippen LogP contribution in [0.4, 0.5) is 0 Å². The maximum atomic E-state index is 7.06. The van der Waals surface area contributed by atoms with Crippen LogP contribution in [0.1, 0.15) is 307 Å². The van der Waals surface area contributed by atoms with Crippen LogP contribution >= 0.6 is 31.9 Å². The molecular formula is C128H170B2Br2N4O8. The van der Waals surface area contributed by atoms with Crippen LogP contribution < -0.4 is 29.9 Å². The summed E-state index contributed by atoms with van der Waals surface area (Å²) in [5, 5.41) is 9.74. The van der Waals surface area contributed by atoms with E-state index in [4.69, 9.17) is 47.5 Å². The maximum Gasteiger partial charge on any atom is 0.494 e. The standard InChI is InChI=1S/C63H74N2O2.C45H60Br2N2O2.C18H28B2O4.2CH4/c1-7-13-22-45(10-4)42-65-62-59-40-53(51-31-29-50(30-32-51)48-25-18-16-19-26-48)34-37-56(59)55-36-33-52(49-27-20-17-21-28-49)39-58(55)61(62)64-63(65)57-38-35-54(66-43-46(11-5)23-14-8-2)41-60(57)67-44-47(12-6)24-15-9-3;1-7-13-16-31(10-4)28-49-44-41-26-35(47)20-23-38(41)37-22-19-34(46)25-40(37)43(44)48-45(49)39-24-21-36(50-29-32(11-5)17-14-8-2)27-42(39)51-30-33(12-6)18-15-9-3;1-15(2)16(3,4)22-19(21-15)13-9-11-14(12-10-13)20-23-17(5,6)18(7,8)24-20;;/h16-21,25-41,45-47H,7-15,22-24,42-44H2,1-6H3;19-27,31-33H,7-18,28-30H2,1-6H3;9-12H,1-8H3;2*1H4.